The molecule has 2 aromatic carbocycles. The predicted molar refractivity (Wildman–Crippen MR) is 76.6 cm³/mol. The molecule has 0 unspecified atom stereocenters. The minimum atomic E-state index is -0.200. The van der Waals surface area contributed by atoms with Crippen molar-refractivity contribution in [3.05, 3.63) is 71.3 Å². The molecule has 3 rings (SSSR count). The Hall–Kier alpha value is -2.04. The maximum Gasteiger partial charge on any atom is 0.124 e. The average Bonchev–Trinajstić information content (AvgIpc) is 3.24. The summed E-state index contributed by atoms with van der Waals surface area (Å²) in [4.78, 5) is 0. The Kier molecular flexibility index (Phi) is 2.89. The van der Waals surface area contributed by atoms with Crippen LogP contribution in [0, 0.1) is 12.3 Å². The normalized spacial score (nSPS) is 24.7. The molecule has 0 N–H and O–H groups in total. The van der Waals surface area contributed by atoms with E-state index in [-0.39, 0.29) is 11.7 Å². The number of epoxide rings is 1. The first-order valence-electron chi connectivity index (χ1n) is 6.60. The standard InChI is InChI=1S/C18H16O/c1-3-14-10-8-9-13-16(14)17-18(4-2,19-17)15-11-6-5-7-12-15/h1,5-13,17H,4H2,2H3/t17-,18-/m0/s1. The largest absolute Gasteiger partial charge is 0.356 e. The Bertz CT molecular complexity index is 624. The van der Waals surface area contributed by atoms with Crippen LogP contribution in [0.5, 0.6) is 0 Å². The number of hydrogen-bond acceptors (Lipinski definition) is 1. The van der Waals surface area contributed by atoms with E-state index in [0.717, 1.165) is 17.5 Å². The molecule has 1 heteroatoms. The fraction of sp³-hybridized carbons (Fsp3) is 0.222. The summed E-state index contributed by atoms with van der Waals surface area (Å²) in [7, 11) is 0. The van der Waals surface area contributed by atoms with Crippen molar-refractivity contribution in [2.24, 2.45) is 0 Å². The first-order chi connectivity index (χ1) is 9.31. The molecule has 0 spiro atoms. The fourth-order valence-electron chi connectivity index (χ4n) is 2.76. The van der Waals surface area contributed by atoms with Crippen molar-refractivity contribution in [1.29, 1.82) is 0 Å². The van der Waals surface area contributed by atoms with Crippen LogP contribution < -0.4 is 0 Å². The van der Waals surface area contributed by atoms with Crippen molar-refractivity contribution < 1.29 is 4.74 Å². The molecule has 2 atom stereocenters. The summed E-state index contributed by atoms with van der Waals surface area (Å²) in [6.45, 7) is 2.16. The van der Waals surface area contributed by atoms with Gasteiger partial charge in [0.1, 0.15) is 11.7 Å². The van der Waals surface area contributed by atoms with Crippen molar-refractivity contribution in [1.82, 2.24) is 0 Å². The lowest BCUT2D eigenvalue weighted by Gasteiger charge is -2.11. The van der Waals surface area contributed by atoms with Crippen molar-refractivity contribution in [3.8, 4) is 12.3 Å². The molecule has 1 nitrogen and oxygen atoms in total. The van der Waals surface area contributed by atoms with E-state index in [1.807, 2.05) is 24.3 Å². The van der Waals surface area contributed by atoms with Gasteiger partial charge in [0.25, 0.3) is 0 Å². The highest BCUT2D eigenvalue weighted by atomic mass is 16.6. The van der Waals surface area contributed by atoms with E-state index >= 15 is 0 Å². The molecule has 94 valence electrons. The van der Waals surface area contributed by atoms with Gasteiger partial charge in [-0.1, -0.05) is 61.4 Å². The molecule has 0 saturated carbocycles. The maximum absolute atomic E-state index is 6.07. The minimum Gasteiger partial charge on any atom is -0.356 e. The quantitative estimate of drug-likeness (QED) is 0.590. The highest BCUT2D eigenvalue weighted by Gasteiger charge is 2.57. The van der Waals surface area contributed by atoms with E-state index in [0.29, 0.717) is 0 Å². The molecule has 0 aliphatic carbocycles. The van der Waals surface area contributed by atoms with Gasteiger partial charge in [0.05, 0.1) is 0 Å². The van der Waals surface area contributed by atoms with Crippen LogP contribution in [0.3, 0.4) is 0 Å². The predicted octanol–water partition coefficient (Wildman–Crippen LogP) is 4.04. The summed E-state index contributed by atoms with van der Waals surface area (Å²) in [5.41, 5.74) is 3.08. The van der Waals surface area contributed by atoms with Gasteiger partial charge in [-0.3, -0.25) is 0 Å². The molecule has 1 aliphatic rings. The molecule has 0 bridgehead atoms. The van der Waals surface area contributed by atoms with E-state index in [4.69, 9.17) is 11.2 Å². The van der Waals surface area contributed by atoms with Gasteiger partial charge in [0.2, 0.25) is 0 Å². The smallest absolute Gasteiger partial charge is 0.124 e. The monoisotopic (exact) mass is 248 g/mol. The lowest BCUT2D eigenvalue weighted by atomic mass is 9.88. The zero-order valence-electron chi connectivity index (χ0n) is 11.0. The Labute approximate surface area is 114 Å². The van der Waals surface area contributed by atoms with Gasteiger partial charge in [-0.05, 0) is 23.6 Å². The number of terminal acetylenes is 1. The second-order valence-electron chi connectivity index (χ2n) is 4.84. The van der Waals surface area contributed by atoms with Gasteiger partial charge < -0.3 is 4.74 Å². The van der Waals surface area contributed by atoms with E-state index < -0.39 is 0 Å². The van der Waals surface area contributed by atoms with Crippen molar-refractivity contribution in [3.63, 3.8) is 0 Å². The van der Waals surface area contributed by atoms with Gasteiger partial charge >= 0.3 is 0 Å². The third-order valence-electron chi connectivity index (χ3n) is 3.88. The van der Waals surface area contributed by atoms with Gasteiger partial charge in [-0.25, -0.2) is 0 Å². The van der Waals surface area contributed by atoms with Crippen LogP contribution in [0.15, 0.2) is 54.6 Å². The number of ether oxygens (including phenoxy) is 1. The molecule has 2 aromatic rings. The van der Waals surface area contributed by atoms with Crippen LogP contribution in [0.25, 0.3) is 0 Å². The SMILES string of the molecule is C#Cc1ccccc1[C@@H]1O[C@@]1(CC)c1ccccc1. The first kappa shape index (κ1) is 12.0. The van der Waals surface area contributed by atoms with Crippen LogP contribution in [0.1, 0.15) is 36.1 Å². The number of rotatable bonds is 3. The molecule has 19 heavy (non-hydrogen) atoms. The third-order valence-corrected chi connectivity index (χ3v) is 3.88. The van der Waals surface area contributed by atoms with Crippen LogP contribution in [-0.2, 0) is 10.3 Å². The lowest BCUT2D eigenvalue weighted by molar-refractivity contribution is 0.290. The molecule has 0 aromatic heterocycles. The summed E-state index contributed by atoms with van der Waals surface area (Å²) in [6, 6.07) is 18.4. The summed E-state index contributed by atoms with van der Waals surface area (Å²) in [5.74, 6) is 2.75. The molecule has 1 heterocycles. The minimum absolute atomic E-state index is 0.0761. The highest BCUT2D eigenvalue weighted by molar-refractivity contribution is 5.46. The topological polar surface area (TPSA) is 12.5 Å². The van der Waals surface area contributed by atoms with Gasteiger partial charge in [0, 0.05) is 5.56 Å². The zero-order valence-corrected chi connectivity index (χ0v) is 11.0. The van der Waals surface area contributed by atoms with Crippen LogP contribution >= 0.6 is 0 Å². The van der Waals surface area contributed by atoms with E-state index in [1.165, 1.54) is 5.56 Å². The van der Waals surface area contributed by atoms with Gasteiger partial charge in [-0.15, -0.1) is 6.42 Å². The highest BCUT2D eigenvalue weighted by Crippen LogP contribution is 2.59. The number of hydrogen-bond donors (Lipinski definition) is 0. The molecule has 0 radical (unpaired) electrons. The lowest BCUT2D eigenvalue weighted by Crippen LogP contribution is -2.08. The molecule has 1 saturated heterocycles. The first-order valence-corrected chi connectivity index (χ1v) is 6.60. The van der Waals surface area contributed by atoms with Crippen molar-refractivity contribution in [2.45, 2.75) is 25.0 Å². The Morgan fingerprint density at radius 3 is 2.47 bits per heavy atom. The van der Waals surface area contributed by atoms with Crippen molar-refractivity contribution in [2.75, 3.05) is 0 Å². The van der Waals surface area contributed by atoms with Crippen LogP contribution in [0.2, 0.25) is 0 Å². The Morgan fingerprint density at radius 2 is 1.79 bits per heavy atom. The summed E-state index contributed by atoms with van der Waals surface area (Å²) in [6.07, 6.45) is 6.60. The van der Waals surface area contributed by atoms with Crippen LogP contribution in [-0.4, -0.2) is 0 Å². The molecule has 0 amide bonds. The molecule has 1 aliphatic heterocycles. The molecular formula is C18H16O. The summed E-state index contributed by atoms with van der Waals surface area (Å²) in [5, 5.41) is 0. The fourth-order valence-corrected chi connectivity index (χ4v) is 2.76. The van der Waals surface area contributed by atoms with Gasteiger partial charge in [-0.2, -0.15) is 0 Å². The van der Waals surface area contributed by atoms with Crippen LogP contribution in [0.4, 0.5) is 0 Å². The second-order valence-corrected chi connectivity index (χ2v) is 4.84. The van der Waals surface area contributed by atoms with Gasteiger partial charge in [0.15, 0.2) is 0 Å². The third kappa shape index (κ3) is 1.85. The molecular weight excluding hydrogens is 232 g/mol. The zero-order chi connectivity index (χ0) is 13.3. The summed E-state index contributed by atoms with van der Waals surface area (Å²) >= 11 is 0. The summed E-state index contributed by atoms with van der Waals surface area (Å²) < 4.78 is 6.07. The van der Waals surface area contributed by atoms with E-state index in [2.05, 4.69) is 43.2 Å². The van der Waals surface area contributed by atoms with Crippen molar-refractivity contribution >= 4 is 0 Å². The number of benzene rings is 2. The molecule has 1 fully saturated rings. The Morgan fingerprint density at radius 1 is 1.11 bits per heavy atom. The van der Waals surface area contributed by atoms with E-state index in [1.54, 1.807) is 0 Å². The average molecular weight is 248 g/mol. The van der Waals surface area contributed by atoms with E-state index in [9.17, 15) is 0 Å². The maximum atomic E-state index is 6.07. The second kappa shape index (κ2) is 4.57. The Balaban J connectivity index is 2.00.